The molecule has 1 rings (SSSR count). The summed E-state index contributed by atoms with van der Waals surface area (Å²) in [4.78, 5) is 2.53. The summed E-state index contributed by atoms with van der Waals surface area (Å²) >= 11 is 0. The summed E-state index contributed by atoms with van der Waals surface area (Å²) in [5, 5.41) is 7.02. The summed E-state index contributed by atoms with van der Waals surface area (Å²) < 4.78 is 0. The first-order chi connectivity index (χ1) is 6.54. The molecular formula is C11H25N3. The molecule has 1 heterocycles. The lowest BCUT2D eigenvalue weighted by Gasteiger charge is -2.22. The van der Waals surface area contributed by atoms with E-state index in [1.165, 1.54) is 13.1 Å². The lowest BCUT2D eigenvalue weighted by Crippen LogP contribution is -2.48. The van der Waals surface area contributed by atoms with Crippen LogP contribution in [0.15, 0.2) is 0 Å². The van der Waals surface area contributed by atoms with E-state index in [0.29, 0.717) is 24.2 Å². The molecule has 3 nitrogen and oxygen atoms in total. The van der Waals surface area contributed by atoms with Gasteiger partial charge < -0.3 is 10.6 Å². The van der Waals surface area contributed by atoms with E-state index in [-0.39, 0.29) is 0 Å². The van der Waals surface area contributed by atoms with E-state index >= 15 is 0 Å². The summed E-state index contributed by atoms with van der Waals surface area (Å²) in [7, 11) is 2.06. The van der Waals surface area contributed by atoms with Crippen LogP contribution in [0.5, 0.6) is 0 Å². The lowest BCUT2D eigenvalue weighted by atomic mass is 10.1. The molecular weight excluding hydrogens is 174 g/mol. The lowest BCUT2D eigenvalue weighted by molar-refractivity contribution is 0.264. The van der Waals surface area contributed by atoms with E-state index in [9.17, 15) is 0 Å². The predicted molar refractivity (Wildman–Crippen MR) is 61.6 cm³/mol. The van der Waals surface area contributed by atoms with Gasteiger partial charge in [-0.15, -0.1) is 0 Å². The molecule has 0 amide bonds. The number of likely N-dealkylation sites (tertiary alicyclic amines) is 1. The zero-order chi connectivity index (χ0) is 10.7. The van der Waals surface area contributed by atoms with Crippen molar-refractivity contribution < 1.29 is 0 Å². The maximum absolute atomic E-state index is 3.62. The number of rotatable bonds is 4. The standard InChI is InChI=1S/C11H25N3/c1-8(2)13-11-7-14(9(3)4)6-10(11)12-5/h8-13H,6-7H2,1-5H3/t10-,11-/m0/s1. The summed E-state index contributed by atoms with van der Waals surface area (Å²) in [6.45, 7) is 11.3. The van der Waals surface area contributed by atoms with E-state index in [4.69, 9.17) is 0 Å². The van der Waals surface area contributed by atoms with Crippen molar-refractivity contribution >= 4 is 0 Å². The second-order valence-electron chi connectivity index (χ2n) is 4.87. The van der Waals surface area contributed by atoms with Gasteiger partial charge in [0, 0.05) is 37.3 Å². The molecule has 14 heavy (non-hydrogen) atoms. The monoisotopic (exact) mass is 199 g/mol. The molecule has 1 saturated heterocycles. The molecule has 0 aromatic carbocycles. The van der Waals surface area contributed by atoms with Crippen molar-refractivity contribution in [2.45, 2.75) is 51.9 Å². The molecule has 3 heteroatoms. The smallest absolute Gasteiger partial charge is 0.0363 e. The van der Waals surface area contributed by atoms with Gasteiger partial charge in [0.05, 0.1) is 0 Å². The van der Waals surface area contributed by atoms with Crippen LogP contribution in [-0.2, 0) is 0 Å². The van der Waals surface area contributed by atoms with Crippen LogP contribution < -0.4 is 10.6 Å². The van der Waals surface area contributed by atoms with Crippen molar-refractivity contribution in [2.75, 3.05) is 20.1 Å². The Morgan fingerprint density at radius 1 is 1.07 bits per heavy atom. The highest BCUT2D eigenvalue weighted by molar-refractivity contribution is 4.94. The van der Waals surface area contributed by atoms with Crippen molar-refractivity contribution in [1.82, 2.24) is 15.5 Å². The molecule has 0 aromatic heterocycles. The molecule has 2 N–H and O–H groups in total. The summed E-state index contributed by atoms with van der Waals surface area (Å²) in [6.07, 6.45) is 0. The zero-order valence-electron chi connectivity index (χ0n) is 10.2. The van der Waals surface area contributed by atoms with Gasteiger partial charge in [0.1, 0.15) is 0 Å². The molecule has 0 spiro atoms. The minimum atomic E-state index is 0.572. The van der Waals surface area contributed by atoms with Crippen molar-refractivity contribution in [1.29, 1.82) is 0 Å². The van der Waals surface area contributed by atoms with Crippen LogP contribution in [0.4, 0.5) is 0 Å². The molecule has 0 aromatic rings. The van der Waals surface area contributed by atoms with Crippen LogP contribution in [0.25, 0.3) is 0 Å². The van der Waals surface area contributed by atoms with Gasteiger partial charge in [0.15, 0.2) is 0 Å². The molecule has 1 aliphatic rings. The van der Waals surface area contributed by atoms with Gasteiger partial charge in [-0.3, -0.25) is 4.90 Å². The average Bonchev–Trinajstić information content (AvgIpc) is 2.46. The van der Waals surface area contributed by atoms with E-state index in [2.05, 4.69) is 50.3 Å². The van der Waals surface area contributed by atoms with E-state index in [1.54, 1.807) is 0 Å². The minimum absolute atomic E-state index is 0.572. The van der Waals surface area contributed by atoms with E-state index in [1.807, 2.05) is 0 Å². The topological polar surface area (TPSA) is 27.3 Å². The number of hydrogen-bond acceptors (Lipinski definition) is 3. The van der Waals surface area contributed by atoms with Gasteiger partial charge in [-0.1, -0.05) is 13.8 Å². The highest BCUT2D eigenvalue weighted by atomic mass is 15.3. The van der Waals surface area contributed by atoms with Crippen molar-refractivity contribution in [2.24, 2.45) is 0 Å². The first-order valence-corrected chi connectivity index (χ1v) is 5.72. The molecule has 0 aliphatic carbocycles. The second kappa shape index (κ2) is 5.10. The molecule has 0 saturated carbocycles. The minimum Gasteiger partial charge on any atom is -0.314 e. The molecule has 2 atom stereocenters. The van der Waals surface area contributed by atoms with Gasteiger partial charge in [-0.2, -0.15) is 0 Å². The molecule has 0 unspecified atom stereocenters. The fraction of sp³-hybridized carbons (Fsp3) is 1.00. The van der Waals surface area contributed by atoms with Crippen LogP contribution in [0.2, 0.25) is 0 Å². The molecule has 1 fully saturated rings. The number of nitrogens with zero attached hydrogens (tertiary/aromatic N) is 1. The highest BCUT2D eigenvalue weighted by Gasteiger charge is 2.32. The fourth-order valence-corrected chi connectivity index (χ4v) is 2.15. The SMILES string of the molecule is CN[C@H]1CN(C(C)C)C[C@@H]1NC(C)C. The Balaban J connectivity index is 2.49. The third-order valence-corrected chi connectivity index (χ3v) is 3.00. The first kappa shape index (κ1) is 12.0. The highest BCUT2D eigenvalue weighted by Crippen LogP contribution is 2.13. The Hall–Kier alpha value is -0.120. The molecule has 1 aliphatic heterocycles. The quantitative estimate of drug-likeness (QED) is 0.697. The Morgan fingerprint density at radius 2 is 1.64 bits per heavy atom. The van der Waals surface area contributed by atoms with E-state index in [0.717, 1.165) is 0 Å². The maximum Gasteiger partial charge on any atom is 0.0363 e. The third kappa shape index (κ3) is 2.94. The normalized spacial score (nSPS) is 29.4. The van der Waals surface area contributed by atoms with Crippen molar-refractivity contribution in [3.8, 4) is 0 Å². The number of hydrogen-bond donors (Lipinski definition) is 2. The molecule has 0 bridgehead atoms. The van der Waals surface area contributed by atoms with Crippen LogP contribution in [-0.4, -0.2) is 49.2 Å². The van der Waals surface area contributed by atoms with Crippen LogP contribution in [0, 0.1) is 0 Å². The van der Waals surface area contributed by atoms with Crippen molar-refractivity contribution in [3.05, 3.63) is 0 Å². The number of likely N-dealkylation sites (N-methyl/N-ethyl adjacent to an activating group) is 1. The first-order valence-electron chi connectivity index (χ1n) is 5.72. The summed E-state index contributed by atoms with van der Waals surface area (Å²) in [6, 6.07) is 2.43. The Morgan fingerprint density at radius 3 is 2.07 bits per heavy atom. The molecule has 0 radical (unpaired) electrons. The molecule has 84 valence electrons. The van der Waals surface area contributed by atoms with Crippen LogP contribution in [0.3, 0.4) is 0 Å². The predicted octanol–water partition coefficient (Wildman–Crippen LogP) is 0.665. The Kier molecular flexibility index (Phi) is 4.35. The average molecular weight is 199 g/mol. The van der Waals surface area contributed by atoms with E-state index < -0.39 is 0 Å². The third-order valence-electron chi connectivity index (χ3n) is 3.00. The maximum atomic E-state index is 3.62. The zero-order valence-corrected chi connectivity index (χ0v) is 10.2. The van der Waals surface area contributed by atoms with Gasteiger partial charge in [0.25, 0.3) is 0 Å². The summed E-state index contributed by atoms with van der Waals surface area (Å²) in [5.41, 5.74) is 0. The largest absolute Gasteiger partial charge is 0.314 e. The van der Waals surface area contributed by atoms with Crippen molar-refractivity contribution in [3.63, 3.8) is 0 Å². The Bertz CT molecular complexity index is 168. The number of nitrogens with one attached hydrogen (secondary N) is 2. The van der Waals surface area contributed by atoms with Gasteiger partial charge in [0.2, 0.25) is 0 Å². The van der Waals surface area contributed by atoms with Crippen LogP contribution >= 0.6 is 0 Å². The fourth-order valence-electron chi connectivity index (χ4n) is 2.15. The summed E-state index contributed by atoms with van der Waals surface area (Å²) in [5.74, 6) is 0. The van der Waals surface area contributed by atoms with Gasteiger partial charge in [-0.25, -0.2) is 0 Å². The Labute approximate surface area is 88.2 Å². The van der Waals surface area contributed by atoms with Crippen LogP contribution in [0.1, 0.15) is 27.7 Å². The van der Waals surface area contributed by atoms with Gasteiger partial charge in [-0.05, 0) is 20.9 Å². The second-order valence-corrected chi connectivity index (χ2v) is 4.87. The van der Waals surface area contributed by atoms with Gasteiger partial charge >= 0.3 is 0 Å².